The van der Waals surface area contributed by atoms with Crippen molar-refractivity contribution in [3.05, 3.63) is 12.2 Å². The van der Waals surface area contributed by atoms with Gasteiger partial charge < -0.3 is 20.1 Å². The summed E-state index contributed by atoms with van der Waals surface area (Å²) >= 11 is 0. The van der Waals surface area contributed by atoms with E-state index in [0.29, 0.717) is 6.42 Å². The summed E-state index contributed by atoms with van der Waals surface area (Å²) in [5, 5.41) is 30.7. The second kappa shape index (κ2) is 15.8. The van der Waals surface area contributed by atoms with Crippen LogP contribution < -0.4 is 5.11 Å². The molecule has 0 fully saturated rings. The van der Waals surface area contributed by atoms with E-state index in [4.69, 9.17) is 0 Å². The molecule has 0 bridgehead atoms. The second-order valence-electron chi connectivity index (χ2n) is 8.62. The first-order chi connectivity index (χ1) is 14.6. The number of carboxylic acid groups (broad SMARTS) is 3. The Hall–Kier alpha value is -1.89. The number of carboxylic acids is 3. The average molecular weight is 442 g/mol. The Balaban J connectivity index is 4.68. The van der Waals surface area contributed by atoms with Crippen molar-refractivity contribution < 1.29 is 34.2 Å². The fourth-order valence-electron chi connectivity index (χ4n) is 4.30. The molecule has 31 heavy (non-hydrogen) atoms. The van der Waals surface area contributed by atoms with E-state index in [9.17, 15) is 29.7 Å². The highest BCUT2D eigenvalue weighted by atomic mass is 16.4. The summed E-state index contributed by atoms with van der Waals surface area (Å²) < 4.78 is -0.555. The van der Waals surface area contributed by atoms with E-state index in [0.717, 1.165) is 25.7 Å². The van der Waals surface area contributed by atoms with Crippen molar-refractivity contribution in [1.29, 1.82) is 0 Å². The fourth-order valence-corrected chi connectivity index (χ4v) is 4.30. The molecule has 0 spiro atoms. The minimum Gasteiger partial charge on any atom is -0.544 e. The quantitative estimate of drug-likeness (QED) is 0.179. The number of aliphatic carboxylic acids is 3. The molecule has 0 aliphatic carbocycles. The van der Waals surface area contributed by atoms with E-state index in [-0.39, 0.29) is 6.54 Å². The maximum absolute atomic E-state index is 11.7. The molecule has 0 heterocycles. The highest BCUT2D eigenvalue weighted by Gasteiger charge is 2.50. The third kappa shape index (κ3) is 9.85. The van der Waals surface area contributed by atoms with Gasteiger partial charge in [-0.1, -0.05) is 51.2 Å². The molecule has 0 radical (unpaired) electrons. The smallest absolute Gasteiger partial charge is 0.362 e. The summed E-state index contributed by atoms with van der Waals surface area (Å²) in [6, 6.07) is -3.58. The van der Waals surface area contributed by atoms with E-state index >= 15 is 0 Å². The van der Waals surface area contributed by atoms with Crippen molar-refractivity contribution in [1.82, 2.24) is 0 Å². The van der Waals surface area contributed by atoms with Crippen molar-refractivity contribution in [3.8, 4) is 0 Å². The number of nitrogens with zero attached hydrogens (tertiary/aromatic N) is 1. The van der Waals surface area contributed by atoms with Crippen LogP contribution in [0.3, 0.4) is 0 Å². The average Bonchev–Trinajstić information content (AvgIpc) is 2.72. The Morgan fingerprint density at radius 3 is 1.58 bits per heavy atom. The molecule has 0 aliphatic heterocycles. The van der Waals surface area contributed by atoms with Crippen molar-refractivity contribution in [2.75, 3.05) is 6.54 Å². The van der Waals surface area contributed by atoms with E-state index in [1.165, 1.54) is 59.3 Å². The summed E-state index contributed by atoms with van der Waals surface area (Å²) in [7, 11) is 0. The van der Waals surface area contributed by atoms with Gasteiger partial charge in [-0.3, -0.25) is 4.48 Å². The number of carbonyl (C=O) groups is 3. The van der Waals surface area contributed by atoms with Gasteiger partial charge in [0.25, 0.3) is 0 Å². The summed E-state index contributed by atoms with van der Waals surface area (Å²) in [5.74, 6) is -3.85. The third-order valence-electron chi connectivity index (χ3n) is 6.53. The van der Waals surface area contributed by atoms with Gasteiger partial charge in [0, 0.05) is 0 Å². The SMILES string of the molecule is CCCCCCCC/C=C/CCCCC[N+](C(C)C(=O)[O-])(C(C)C(=O)O)C(C)C(=O)O. The van der Waals surface area contributed by atoms with Crippen LogP contribution in [0.4, 0.5) is 0 Å². The Bertz CT molecular complexity index is 524. The van der Waals surface area contributed by atoms with E-state index in [1.54, 1.807) is 0 Å². The normalized spacial score (nSPS) is 16.5. The van der Waals surface area contributed by atoms with Crippen LogP contribution in [0.25, 0.3) is 0 Å². The summed E-state index contributed by atoms with van der Waals surface area (Å²) in [6.07, 6.45) is 16.3. The second-order valence-corrected chi connectivity index (χ2v) is 8.62. The van der Waals surface area contributed by atoms with Crippen LogP contribution in [0.1, 0.15) is 98.3 Å². The number of hydrogen-bond donors (Lipinski definition) is 2. The molecule has 0 aromatic heterocycles. The maximum atomic E-state index is 11.7. The predicted octanol–water partition coefficient (Wildman–Crippen LogP) is 3.76. The molecule has 0 saturated heterocycles. The molecule has 3 unspecified atom stereocenters. The molecular formula is C24H43NO6. The summed E-state index contributed by atoms with van der Waals surface area (Å²) in [5.41, 5.74) is 0. The van der Waals surface area contributed by atoms with Gasteiger partial charge in [0.1, 0.15) is 6.04 Å². The largest absolute Gasteiger partial charge is 0.544 e. The lowest BCUT2D eigenvalue weighted by molar-refractivity contribution is -0.969. The lowest BCUT2D eigenvalue weighted by atomic mass is 10.00. The molecule has 3 atom stereocenters. The Labute approximate surface area is 187 Å². The van der Waals surface area contributed by atoms with Gasteiger partial charge in [0.05, 0.1) is 12.5 Å². The zero-order valence-corrected chi connectivity index (χ0v) is 19.8. The van der Waals surface area contributed by atoms with Gasteiger partial charge >= 0.3 is 11.9 Å². The van der Waals surface area contributed by atoms with Crippen LogP contribution in [0.2, 0.25) is 0 Å². The molecule has 180 valence electrons. The first-order valence-corrected chi connectivity index (χ1v) is 11.8. The van der Waals surface area contributed by atoms with E-state index < -0.39 is 40.5 Å². The first kappa shape index (κ1) is 29.1. The van der Waals surface area contributed by atoms with Gasteiger partial charge in [0.2, 0.25) is 0 Å². The van der Waals surface area contributed by atoms with E-state index in [2.05, 4.69) is 19.1 Å². The third-order valence-corrected chi connectivity index (χ3v) is 6.53. The topological polar surface area (TPSA) is 115 Å². The van der Waals surface area contributed by atoms with Crippen LogP contribution in [0.15, 0.2) is 12.2 Å². The van der Waals surface area contributed by atoms with E-state index in [1.807, 2.05) is 0 Å². The standard InChI is InChI=1S/C24H43NO6/c1-5-6-7-8-9-10-11-12-13-14-15-16-17-18-25(19(2)22(26)27,20(3)23(28)29)21(4)24(30)31/h12-13,19-21H,5-11,14-18H2,1-4H3,(H2-,26,27,28,29,30,31)/b13-12+. The van der Waals surface area contributed by atoms with Crippen LogP contribution >= 0.6 is 0 Å². The number of hydrogen-bond acceptors (Lipinski definition) is 4. The highest BCUT2D eigenvalue weighted by molar-refractivity contribution is 5.76. The number of carbonyl (C=O) groups excluding carboxylic acids is 1. The minimum atomic E-state index is -1.43. The number of rotatable bonds is 19. The molecule has 0 amide bonds. The highest BCUT2D eigenvalue weighted by Crippen LogP contribution is 2.27. The summed E-state index contributed by atoms with van der Waals surface area (Å²) in [6.45, 7) is 6.49. The van der Waals surface area contributed by atoms with Crippen molar-refractivity contribution >= 4 is 17.9 Å². The Kier molecular flexibility index (Phi) is 14.9. The monoisotopic (exact) mass is 441 g/mol. The number of allylic oxidation sites excluding steroid dienone is 2. The summed E-state index contributed by atoms with van der Waals surface area (Å²) in [4.78, 5) is 35.0. The van der Waals surface area contributed by atoms with Crippen LogP contribution in [-0.2, 0) is 14.4 Å². The zero-order chi connectivity index (χ0) is 23.9. The van der Waals surface area contributed by atoms with Gasteiger partial charge in [0.15, 0.2) is 12.1 Å². The van der Waals surface area contributed by atoms with Gasteiger partial charge in [-0.15, -0.1) is 0 Å². The molecule has 7 heteroatoms. The molecule has 0 rings (SSSR count). The molecular weight excluding hydrogens is 398 g/mol. The van der Waals surface area contributed by atoms with Gasteiger partial charge in [-0.25, -0.2) is 9.59 Å². The Morgan fingerprint density at radius 2 is 1.16 bits per heavy atom. The predicted molar refractivity (Wildman–Crippen MR) is 119 cm³/mol. The molecule has 2 N–H and O–H groups in total. The van der Waals surface area contributed by atoms with Crippen LogP contribution in [-0.4, -0.2) is 57.3 Å². The van der Waals surface area contributed by atoms with Crippen molar-refractivity contribution in [2.45, 2.75) is 116 Å². The maximum Gasteiger partial charge on any atom is 0.362 e. The number of quaternary nitrogens is 1. The van der Waals surface area contributed by atoms with Crippen LogP contribution in [0, 0.1) is 0 Å². The molecule has 7 nitrogen and oxygen atoms in total. The van der Waals surface area contributed by atoms with Gasteiger partial charge in [-0.05, 0) is 59.3 Å². The zero-order valence-electron chi connectivity index (χ0n) is 19.8. The molecule has 0 saturated carbocycles. The lowest BCUT2D eigenvalue weighted by Gasteiger charge is -2.49. The molecule has 0 aliphatic rings. The Morgan fingerprint density at radius 1 is 0.742 bits per heavy atom. The minimum absolute atomic E-state index is 0.164. The molecule has 0 aromatic rings. The number of unbranched alkanes of at least 4 members (excludes halogenated alkanes) is 9. The first-order valence-electron chi connectivity index (χ1n) is 11.8. The van der Waals surface area contributed by atoms with Crippen molar-refractivity contribution in [2.24, 2.45) is 0 Å². The molecule has 0 aromatic carbocycles. The lowest BCUT2D eigenvalue weighted by Crippen LogP contribution is -2.72. The van der Waals surface area contributed by atoms with Crippen LogP contribution in [0.5, 0.6) is 0 Å². The van der Waals surface area contributed by atoms with Crippen molar-refractivity contribution in [3.63, 3.8) is 0 Å². The fraction of sp³-hybridized carbons (Fsp3) is 0.792. The van der Waals surface area contributed by atoms with Gasteiger partial charge in [-0.2, -0.15) is 0 Å².